The monoisotopic (exact) mass is 289 g/mol. The van der Waals surface area contributed by atoms with Crippen molar-refractivity contribution in [3.8, 4) is 5.75 Å². The first kappa shape index (κ1) is 14.3. The van der Waals surface area contributed by atoms with Crippen LogP contribution in [-0.2, 0) is 4.74 Å². The summed E-state index contributed by atoms with van der Waals surface area (Å²) in [5, 5.41) is 0. The fourth-order valence-corrected chi connectivity index (χ4v) is 2.82. The standard InChI is InChI=1S/C15H15NO3S/c1-18-12-8-3-4-9-13(12)20-14-10(15(17)19-2)6-5-7-11(14)16/h3-9H,16H2,1-2H3. The van der Waals surface area contributed by atoms with Gasteiger partial charge in [0.15, 0.2) is 0 Å². The largest absolute Gasteiger partial charge is 0.496 e. The van der Waals surface area contributed by atoms with E-state index in [1.54, 1.807) is 25.3 Å². The van der Waals surface area contributed by atoms with Crippen molar-refractivity contribution in [2.24, 2.45) is 0 Å². The molecule has 0 amide bonds. The number of carbonyl (C=O) groups is 1. The van der Waals surface area contributed by atoms with Gasteiger partial charge in [0.2, 0.25) is 0 Å². The molecule has 0 aliphatic carbocycles. The third-order valence-electron chi connectivity index (χ3n) is 2.73. The van der Waals surface area contributed by atoms with Crippen molar-refractivity contribution in [1.29, 1.82) is 0 Å². The average Bonchev–Trinajstić information content (AvgIpc) is 2.49. The number of nitrogens with two attached hydrogens (primary N) is 1. The molecule has 0 aliphatic heterocycles. The molecule has 104 valence electrons. The zero-order valence-corrected chi connectivity index (χ0v) is 12.1. The van der Waals surface area contributed by atoms with Gasteiger partial charge in [-0.2, -0.15) is 0 Å². The number of ether oxygens (including phenoxy) is 2. The minimum absolute atomic E-state index is 0.408. The quantitative estimate of drug-likeness (QED) is 0.691. The number of rotatable bonds is 4. The molecular weight excluding hydrogens is 274 g/mol. The molecule has 2 aromatic rings. The van der Waals surface area contributed by atoms with Crippen molar-refractivity contribution in [2.75, 3.05) is 20.0 Å². The first-order valence-corrected chi connectivity index (χ1v) is 6.76. The van der Waals surface area contributed by atoms with Crippen LogP contribution in [0.4, 0.5) is 5.69 Å². The third-order valence-corrected chi connectivity index (χ3v) is 3.95. The van der Waals surface area contributed by atoms with Crippen LogP contribution < -0.4 is 10.5 Å². The Labute approximate surface area is 121 Å². The summed E-state index contributed by atoms with van der Waals surface area (Å²) in [5.41, 5.74) is 6.96. The van der Waals surface area contributed by atoms with Crippen LogP contribution in [0.1, 0.15) is 10.4 Å². The maximum absolute atomic E-state index is 11.8. The normalized spacial score (nSPS) is 10.1. The van der Waals surface area contributed by atoms with Crippen LogP contribution >= 0.6 is 11.8 Å². The van der Waals surface area contributed by atoms with E-state index in [-0.39, 0.29) is 0 Å². The Kier molecular flexibility index (Phi) is 4.53. The molecule has 0 spiro atoms. The van der Waals surface area contributed by atoms with Crippen LogP contribution in [0.3, 0.4) is 0 Å². The van der Waals surface area contributed by atoms with Gasteiger partial charge in [-0.05, 0) is 24.3 Å². The van der Waals surface area contributed by atoms with E-state index in [4.69, 9.17) is 15.2 Å². The minimum atomic E-state index is -0.408. The second-order valence-electron chi connectivity index (χ2n) is 3.97. The SMILES string of the molecule is COC(=O)c1cccc(N)c1Sc1ccccc1OC. The first-order chi connectivity index (χ1) is 9.67. The number of nitrogen functional groups attached to an aromatic ring is 1. The molecule has 5 heteroatoms. The van der Waals surface area contributed by atoms with Gasteiger partial charge in [0.05, 0.1) is 24.7 Å². The van der Waals surface area contributed by atoms with Gasteiger partial charge in [-0.1, -0.05) is 30.0 Å². The molecule has 0 aromatic heterocycles. The summed E-state index contributed by atoms with van der Waals surface area (Å²) in [6.07, 6.45) is 0. The maximum Gasteiger partial charge on any atom is 0.339 e. The topological polar surface area (TPSA) is 61.5 Å². The highest BCUT2D eigenvalue weighted by Gasteiger charge is 2.16. The molecule has 2 aromatic carbocycles. The number of benzene rings is 2. The lowest BCUT2D eigenvalue weighted by Crippen LogP contribution is -2.05. The molecule has 0 saturated carbocycles. The summed E-state index contributed by atoms with van der Waals surface area (Å²) in [7, 11) is 2.96. The lowest BCUT2D eigenvalue weighted by molar-refractivity contribution is 0.0597. The van der Waals surface area contributed by atoms with Gasteiger partial charge in [0, 0.05) is 10.6 Å². The summed E-state index contributed by atoms with van der Waals surface area (Å²) in [5.74, 6) is 0.325. The highest BCUT2D eigenvalue weighted by atomic mass is 32.2. The second kappa shape index (κ2) is 6.34. The summed E-state index contributed by atoms with van der Waals surface area (Å²) in [6.45, 7) is 0. The van der Waals surface area contributed by atoms with Crippen molar-refractivity contribution >= 4 is 23.4 Å². The van der Waals surface area contributed by atoms with Gasteiger partial charge in [0.1, 0.15) is 5.75 Å². The van der Waals surface area contributed by atoms with Crippen LogP contribution in [0.15, 0.2) is 52.3 Å². The third kappa shape index (κ3) is 2.88. The maximum atomic E-state index is 11.8. The number of esters is 1. The van der Waals surface area contributed by atoms with Crippen LogP contribution in [0.5, 0.6) is 5.75 Å². The van der Waals surface area contributed by atoms with Gasteiger partial charge in [0.25, 0.3) is 0 Å². The molecule has 4 nitrogen and oxygen atoms in total. The highest BCUT2D eigenvalue weighted by molar-refractivity contribution is 7.99. The fraction of sp³-hybridized carbons (Fsp3) is 0.133. The Hall–Kier alpha value is -2.14. The van der Waals surface area contributed by atoms with Crippen molar-refractivity contribution in [2.45, 2.75) is 9.79 Å². The molecular formula is C15H15NO3S. The number of methoxy groups -OCH3 is 2. The van der Waals surface area contributed by atoms with Crippen molar-refractivity contribution in [1.82, 2.24) is 0 Å². The van der Waals surface area contributed by atoms with E-state index in [1.807, 2.05) is 24.3 Å². The lowest BCUT2D eigenvalue weighted by Gasteiger charge is -2.12. The minimum Gasteiger partial charge on any atom is -0.496 e. The molecule has 0 heterocycles. The van der Waals surface area contributed by atoms with E-state index < -0.39 is 5.97 Å². The van der Waals surface area contributed by atoms with Crippen LogP contribution in [-0.4, -0.2) is 20.2 Å². The summed E-state index contributed by atoms with van der Waals surface area (Å²) < 4.78 is 10.1. The van der Waals surface area contributed by atoms with Crippen LogP contribution in [0.2, 0.25) is 0 Å². The van der Waals surface area contributed by atoms with E-state index in [0.717, 1.165) is 10.6 Å². The lowest BCUT2D eigenvalue weighted by atomic mass is 10.2. The van der Waals surface area contributed by atoms with Crippen molar-refractivity contribution in [3.05, 3.63) is 48.0 Å². The van der Waals surface area contributed by atoms with Gasteiger partial charge < -0.3 is 15.2 Å². The number of anilines is 1. The molecule has 0 saturated heterocycles. The Morgan fingerprint density at radius 3 is 2.55 bits per heavy atom. The number of hydrogen-bond acceptors (Lipinski definition) is 5. The predicted octanol–water partition coefficient (Wildman–Crippen LogP) is 3.22. The highest BCUT2D eigenvalue weighted by Crippen LogP contribution is 2.39. The molecule has 2 rings (SSSR count). The fourth-order valence-electron chi connectivity index (χ4n) is 1.75. The summed E-state index contributed by atoms with van der Waals surface area (Å²) >= 11 is 1.38. The first-order valence-electron chi connectivity index (χ1n) is 5.95. The van der Waals surface area contributed by atoms with E-state index in [0.29, 0.717) is 16.1 Å². The van der Waals surface area contributed by atoms with Crippen molar-refractivity contribution in [3.63, 3.8) is 0 Å². The smallest absolute Gasteiger partial charge is 0.339 e. The van der Waals surface area contributed by atoms with Gasteiger partial charge >= 0.3 is 5.97 Å². The molecule has 0 unspecified atom stereocenters. The van der Waals surface area contributed by atoms with Crippen molar-refractivity contribution < 1.29 is 14.3 Å². The molecule has 0 atom stereocenters. The Morgan fingerprint density at radius 2 is 1.85 bits per heavy atom. The molecule has 0 bridgehead atoms. The van der Waals surface area contributed by atoms with Crippen LogP contribution in [0, 0.1) is 0 Å². The zero-order valence-electron chi connectivity index (χ0n) is 11.3. The van der Waals surface area contributed by atoms with Gasteiger partial charge in [-0.3, -0.25) is 0 Å². The Bertz CT molecular complexity index is 628. The number of para-hydroxylation sites is 1. The van der Waals surface area contributed by atoms with Gasteiger partial charge in [-0.15, -0.1) is 0 Å². The molecule has 0 radical (unpaired) electrons. The van der Waals surface area contributed by atoms with E-state index >= 15 is 0 Å². The van der Waals surface area contributed by atoms with E-state index in [9.17, 15) is 4.79 Å². The predicted molar refractivity (Wildman–Crippen MR) is 79.3 cm³/mol. The average molecular weight is 289 g/mol. The van der Waals surface area contributed by atoms with Crippen LogP contribution in [0.25, 0.3) is 0 Å². The molecule has 20 heavy (non-hydrogen) atoms. The Balaban J connectivity index is 2.45. The zero-order chi connectivity index (χ0) is 14.5. The number of hydrogen-bond donors (Lipinski definition) is 1. The molecule has 2 N–H and O–H groups in total. The van der Waals surface area contributed by atoms with Gasteiger partial charge in [-0.25, -0.2) is 4.79 Å². The second-order valence-corrected chi connectivity index (χ2v) is 5.02. The molecule has 0 aliphatic rings. The van der Waals surface area contributed by atoms with E-state index in [1.165, 1.54) is 18.9 Å². The van der Waals surface area contributed by atoms with E-state index in [2.05, 4.69) is 0 Å². The molecule has 0 fully saturated rings. The Morgan fingerprint density at radius 1 is 1.10 bits per heavy atom. The summed E-state index contributed by atoms with van der Waals surface area (Å²) in [4.78, 5) is 13.4. The number of carbonyl (C=O) groups excluding carboxylic acids is 1. The summed E-state index contributed by atoms with van der Waals surface area (Å²) in [6, 6.07) is 12.7.